The number of phenolic OH excluding ortho intramolecular Hbond substituents is 1. The van der Waals surface area contributed by atoms with Crippen molar-refractivity contribution < 1.29 is 9.90 Å². The molecule has 1 aliphatic rings. The van der Waals surface area contributed by atoms with Crippen molar-refractivity contribution in [2.45, 2.75) is 38.8 Å². The molecule has 2 rings (SSSR count). The quantitative estimate of drug-likeness (QED) is 0.756. The van der Waals surface area contributed by atoms with Gasteiger partial charge < -0.3 is 10.4 Å². The molecule has 3 N–H and O–H groups in total. The number of carbonyl (C=O) groups excluding carboxylic acids is 1. The van der Waals surface area contributed by atoms with E-state index in [1.165, 1.54) is 0 Å². The number of amides is 1. The van der Waals surface area contributed by atoms with Crippen molar-refractivity contribution in [3.05, 3.63) is 29.3 Å². The molecule has 0 spiro atoms. The fourth-order valence-corrected chi connectivity index (χ4v) is 2.51. The Morgan fingerprint density at radius 1 is 1.56 bits per heavy atom. The highest BCUT2D eigenvalue weighted by molar-refractivity contribution is 5.81. The van der Waals surface area contributed by atoms with Crippen molar-refractivity contribution in [1.82, 2.24) is 10.6 Å². The average molecular weight is 248 g/mol. The Labute approximate surface area is 107 Å². The molecule has 1 aromatic rings. The molecule has 0 fully saturated rings. The molecule has 1 aliphatic carbocycles. The molecule has 2 atom stereocenters. The van der Waals surface area contributed by atoms with Gasteiger partial charge in [0.15, 0.2) is 0 Å². The molecule has 2 unspecified atom stereocenters. The standard InChI is InChI=1S/C14H20N2O2/c1-3-15-14(18)9(2)16-12-8-7-11-10(12)5-4-6-13(11)17/h4-6,9,12,16-17H,3,7-8H2,1-2H3,(H,15,18). The summed E-state index contributed by atoms with van der Waals surface area (Å²) < 4.78 is 0. The zero-order valence-electron chi connectivity index (χ0n) is 10.9. The zero-order chi connectivity index (χ0) is 13.1. The molecule has 0 aromatic heterocycles. The predicted molar refractivity (Wildman–Crippen MR) is 70.5 cm³/mol. The molecule has 0 saturated heterocycles. The summed E-state index contributed by atoms with van der Waals surface area (Å²) in [4.78, 5) is 11.7. The van der Waals surface area contributed by atoms with E-state index in [9.17, 15) is 9.90 Å². The van der Waals surface area contributed by atoms with E-state index >= 15 is 0 Å². The van der Waals surface area contributed by atoms with Gasteiger partial charge >= 0.3 is 0 Å². The fraction of sp³-hybridized carbons (Fsp3) is 0.500. The van der Waals surface area contributed by atoms with Crippen LogP contribution in [-0.4, -0.2) is 23.6 Å². The van der Waals surface area contributed by atoms with Gasteiger partial charge in [0, 0.05) is 12.6 Å². The first-order chi connectivity index (χ1) is 8.63. The van der Waals surface area contributed by atoms with E-state index in [0.717, 1.165) is 24.0 Å². The van der Waals surface area contributed by atoms with E-state index < -0.39 is 0 Å². The second-order valence-corrected chi connectivity index (χ2v) is 4.72. The summed E-state index contributed by atoms with van der Waals surface area (Å²) in [5, 5.41) is 15.9. The lowest BCUT2D eigenvalue weighted by atomic mass is 10.1. The Morgan fingerprint density at radius 3 is 3.06 bits per heavy atom. The van der Waals surface area contributed by atoms with Crippen molar-refractivity contribution in [3.63, 3.8) is 0 Å². The molecule has 0 heterocycles. The van der Waals surface area contributed by atoms with Crippen molar-refractivity contribution in [2.75, 3.05) is 6.54 Å². The largest absolute Gasteiger partial charge is 0.508 e. The lowest BCUT2D eigenvalue weighted by Gasteiger charge is -2.19. The Bertz CT molecular complexity index is 445. The number of nitrogens with one attached hydrogen (secondary N) is 2. The van der Waals surface area contributed by atoms with Gasteiger partial charge in [0.1, 0.15) is 5.75 Å². The zero-order valence-corrected chi connectivity index (χ0v) is 10.9. The number of fused-ring (bicyclic) bond motifs is 1. The van der Waals surface area contributed by atoms with Crippen LogP contribution in [0.15, 0.2) is 18.2 Å². The molecule has 0 radical (unpaired) electrons. The molecule has 4 heteroatoms. The Morgan fingerprint density at radius 2 is 2.33 bits per heavy atom. The number of hydrogen-bond donors (Lipinski definition) is 3. The highest BCUT2D eigenvalue weighted by Crippen LogP contribution is 2.36. The number of likely N-dealkylation sites (N-methyl/N-ethyl adjacent to an activating group) is 1. The molecular formula is C14H20N2O2. The van der Waals surface area contributed by atoms with Gasteiger partial charge in [-0.05, 0) is 43.9 Å². The lowest BCUT2D eigenvalue weighted by Crippen LogP contribution is -2.43. The van der Waals surface area contributed by atoms with Crippen molar-refractivity contribution in [3.8, 4) is 5.75 Å². The van der Waals surface area contributed by atoms with Crippen LogP contribution < -0.4 is 10.6 Å². The van der Waals surface area contributed by atoms with Crippen molar-refractivity contribution in [1.29, 1.82) is 0 Å². The van der Waals surface area contributed by atoms with E-state index in [-0.39, 0.29) is 18.0 Å². The van der Waals surface area contributed by atoms with E-state index in [1.54, 1.807) is 6.07 Å². The summed E-state index contributed by atoms with van der Waals surface area (Å²) in [6.07, 6.45) is 1.79. The molecule has 1 amide bonds. The number of hydrogen-bond acceptors (Lipinski definition) is 3. The summed E-state index contributed by atoms with van der Waals surface area (Å²) >= 11 is 0. The molecule has 4 nitrogen and oxygen atoms in total. The van der Waals surface area contributed by atoms with Gasteiger partial charge in [0.05, 0.1) is 6.04 Å². The van der Waals surface area contributed by atoms with E-state index in [0.29, 0.717) is 12.3 Å². The summed E-state index contributed by atoms with van der Waals surface area (Å²) in [6.45, 7) is 4.42. The second-order valence-electron chi connectivity index (χ2n) is 4.72. The van der Waals surface area contributed by atoms with Crippen LogP contribution >= 0.6 is 0 Å². The number of rotatable bonds is 4. The van der Waals surface area contributed by atoms with E-state index in [1.807, 2.05) is 26.0 Å². The highest BCUT2D eigenvalue weighted by atomic mass is 16.3. The fourth-order valence-electron chi connectivity index (χ4n) is 2.51. The minimum atomic E-state index is -0.219. The molecule has 1 aromatic carbocycles. The van der Waals surface area contributed by atoms with Crippen LogP contribution in [0.5, 0.6) is 5.75 Å². The maximum absolute atomic E-state index is 11.7. The first-order valence-corrected chi connectivity index (χ1v) is 6.48. The minimum Gasteiger partial charge on any atom is -0.508 e. The van der Waals surface area contributed by atoms with E-state index in [4.69, 9.17) is 0 Å². The SMILES string of the molecule is CCNC(=O)C(C)NC1CCc2c(O)cccc21. The van der Waals surface area contributed by atoms with Gasteiger partial charge in [-0.15, -0.1) is 0 Å². The number of phenols is 1. The summed E-state index contributed by atoms with van der Waals surface area (Å²) in [5.74, 6) is 0.383. The Hall–Kier alpha value is -1.55. The van der Waals surface area contributed by atoms with Crippen LogP contribution in [0.2, 0.25) is 0 Å². The van der Waals surface area contributed by atoms with E-state index in [2.05, 4.69) is 10.6 Å². The first-order valence-electron chi connectivity index (χ1n) is 6.48. The minimum absolute atomic E-state index is 0.0195. The van der Waals surface area contributed by atoms with Crippen LogP contribution in [-0.2, 0) is 11.2 Å². The molecular weight excluding hydrogens is 228 g/mol. The van der Waals surface area contributed by atoms with Gasteiger partial charge in [-0.1, -0.05) is 12.1 Å². The molecule has 0 aliphatic heterocycles. The smallest absolute Gasteiger partial charge is 0.236 e. The summed E-state index contributed by atoms with van der Waals surface area (Å²) in [6, 6.07) is 5.52. The van der Waals surface area contributed by atoms with Gasteiger partial charge in [-0.3, -0.25) is 10.1 Å². The Kier molecular flexibility index (Phi) is 3.87. The topological polar surface area (TPSA) is 61.4 Å². The predicted octanol–water partition coefficient (Wildman–Crippen LogP) is 1.49. The van der Waals surface area contributed by atoms with Crippen LogP contribution in [0.4, 0.5) is 0 Å². The summed E-state index contributed by atoms with van der Waals surface area (Å²) in [5.41, 5.74) is 2.13. The Balaban J connectivity index is 2.06. The van der Waals surface area contributed by atoms with Gasteiger partial charge in [0.2, 0.25) is 5.91 Å². The molecule has 0 saturated carbocycles. The number of aromatic hydroxyl groups is 1. The third-order valence-corrected chi connectivity index (χ3v) is 3.44. The third kappa shape index (κ3) is 2.48. The molecule has 98 valence electrons. The van der Waals surface area contributed by atoms with Gasteiger partial charge in [0.25, 0.3) is 0 Å². The summed E-state index contributed by atoms with van der Waals surface area (Å²) in [7, 11) is 0. The third-order valence-electron chi connectivity index (χ3n) is 3.44. The maximum Gasteiger partial charge on any atom is 0.236 e. The average Bonchev–Trinajstić information content (AvgIpc) is 2.74. The lowest BCUT2D eigenvalue weighted by molar-refractivity contribution is -0.122. The normalized spacial score (nSPS) is 19.3. The monoisotopic (exact) mass is 248 g/mol. The highest BCUT2D eigenvalue weighted by Gasteiger charge is 2.26. The number of benzene rings is 1. The first kappa shape index (κ1) is 12.9. The van der Waals surface area contributed by atoms with Gasteiger partial charge in [-0.2, -0.15) is 0 Å². The van der Waals surface area contributed by atoms with Crippen LogP contribution in [0.1, 0.15) is 37.4 Å². The maximum atomic E-state index is 11.7. The molecule has 18 heavy (non-hydrogen) atoms. The van der Waals surface area contributed by atoms with Gasteiger partial charge in [-0.25, -0.2) is 0 Å². The van der Waals surface area contributed by atoms with Crippen molar-refractivity contribution >= 4 is 5.91 Å². The molecule has 0 bridgehead atoms. The second kappa shape index (κ2) is 5.40. The van der Waals surface area contributed by atoms with Crippen LogP contribution in [0, 0.1) is 0 Å². The van der Waals surface area contributed by atoms with Crippen LogP contribution in [0.25, 0.3) is 0 Å². The van der Waals surface area contributed by atoms with Crippen molar-refractivity contribution in [2.24, 2.45) is 0 Å². The van der Waals surface area contributed by atoms with Crippen LogP contribution in [0.3, 0.4) is 0 Å². The number of carbonyl (C=O) groups is 1.